The summed E-state index contributed by atoms with van der Waals surface area (Å²) in [7, 11) is 0. The Morgan fingerprint density at radius 2 is 1.81 bits per heavy atom. The van der Waals surface area contributed by atoms with Gasteiger partial charge in [-0.15, -0.1) is 0 Å². The van der Waals surface area contributed by atoms with E-state index in [0.29, 0.717) is 30.1 Å². The van der Waals surface area contributed by atoms with E-state index < -0.39 is 5.66 Å². The van der Waals surface area contributed by atoms with Gasteiger partial charge in [-0.05, 0) is 24.1 Å². The second kappa shape index (κ2) is 6.13. The summed E-state index contributed by atoms with van der Waals surface area (Å²) in [6.07, 6.45) is 0.458. The first kappa shape index (κ1) is 17.1. The van der Waals surface area contributed by atoms with Crippen molar-refractivity contribution < 1.29 is 9.59 Å². The highest BCUT2D eigenvalue weighted by Crippen LogP contribution is 2.50. The average molecular weight is 369 g/mol. The van der Waals surface area contributed by atoms with Crippen molar-refractivity contribution in [3.63, 3.8) is 0 Å². The Morgan fingerprint density at radius 3 is 2.50 bits per heavy atom. The summed E-state index contributed by atoms with van der Waals surface area (Å²) >= 11 is 6.09. The molecule has 2 aromatic rings. The van der Waals surface area contributed by atoms with E-state index in [-0.39, 0.29) is 17.7 Å². The van der Waals surface area contributed by atoms with Crippen LogP contribution in [0.1, 0.15) is 41.8 Å². The summed E-state index contributed by atoms with van der Waals surface area (Å²) in [6, 6.07) is 15.1. The predicted molar refractivity (Wildman–Crippen MR) is 101 cm³/mol. The maximum atomic E-state index is 13.1. The van der Waals surface area contributed by atoms with Crippen LogP contribution in [0.25, 0.3) is 0 Å². The zero-order valence-corrected chi connectivity index (χ0v) is 15.7. The molecule has 0 radical (unpaired) electrons. The molecule has 1 fully saturated rings. The number of rotatable bonds is 3. The lowest BCUT2D eigenvalue weighted by atomic mass is 9.89. The molecule has 2 aliphatic heterocycles. The average Bonchev–Trinajstić information content (AvgIpc) is 3.12. The van der Waals surface area contributed by atoms with E-state index in [1.54, 1.807) is 0 Å². The Balaban J connectivity index is 1.95. The molecule has 134 valence electrons. The van der Waals surface area contributed by atoms with E-state index in [1.807, 2.05) is 72.2 Å². The first-order valence-electron chi connectivity index (χ1n) is 8.94. The Labute approximate surface area is 158 Å². The molecule has 2 aliphatic rings. The lowest BCUT2D eigenvalue weighted by Crippen LogP contribution is -2.51. The van der Waals surface area contributed by atoms with Crippen molar-refractivity contribution in [1.29, 1.82) is 0 Å². The third-order valence-corrected chi connectivity index (χ3v) is 5.49. The van der Waals surface area contributed by atoms with E-state index in [1.165, 1.54) is 0 Å². The number of fused-ring (bicyclic) bond motifs is 3. The van der Waals surface area contributed by atoms with Crippen molar-refractivity contribution in [2.24, 2.45) is 5.92 Å². The minimum atomic E-state index is -0.871. The van der Waals surface area contributed by atoms with Crippen molar-refractivity contribution in [3.8, 4) is 0 Å². The van der Waals surface area contributed by atoms with E-state index >= 15 is 0 Å². The fourth-order valence-electron chi connectivity index (χ4n) is 4.24. The van der Waals surface area contributed by atoms with E-state index in [2.05, 4.69) is 0 Å². The molecule has 1 atom stereocenters. The summed E-state index contributed by atoms with van der Waals surface area (Å²) in [4.78, 5) is 29.9. The number of amides is 2. The monoisotopic (exact) mass is 368 g/mol. The van der Waals surface area contributed by atoms with Crippen molar-refractivity contribution in [1.82, 2.24) is 9.80 Å². The SMILES string of the molecule is CC(C)CC(=O)N1CCN2C(=O)c3ccccc3C12c1ccc(Cl)cc1. The maximum Gasteiger partial charge on any atom is 0.256 e. The van der Waals surface area contributed by atoms with E-state index in [9.17, 15) is 9.59 Å². The molecule has 1 saturated heterocycles. The highest BCUT2D eigenvalue weighted by atomic mass is 35.5. The van der Waals surface area contributed by atoms with Gasteiger partial charge in [0.1, 0.15) is 0 Å². The van der Waals surface area contributed by atoms with Gasteiger partial charge in [0.15, 0.2) is 5.66 Å². The van der Waals surface area contributed by atoms with Gasteiger partial charge in [-0.3, -0.25) is 9.59 Å². The van der Waals surface area contributed by atoms with Gasteiger partial charge < -0.3 is 9.80 Å². The lowest BCUT2D eigenvalue weighted by Gasteiger charge is -2.40. The summed E-state index contributed by atoms with van der Waals surface area (Å²) < 4.78 is 0. The zero-order valence-electron chi connectivity index (χ0n) is 14.9. The molecule has 0 saturated carbocycles. The molecular formula is C21H21ClN2O2. The number of nitrogens with zero attached hydrogens (tertiary/aromatic N) is 2. The normalized spacial score (nSPS) is 21.3. The quantitative estimate of drug-likeness (QED) is 0.824. The highest BCUT2D eigenvalue weighted by molar-refractivity contribution is 6.30. The molecule has 1 unspecified atom stereocenters. The van der Waals surface area contributed by atoms with Crippen LogP contribution in [0.4, 0.5) is 0 Å². The second-order valence-corrected chi connectivity index (χ2v) is 7.76. The van der Waals surface area contributed by atoms with E-state index in [0.717, 1.165) is 11.1 Å². The summed E-state index contributed by atoms with van der Waals surface area (Å²) in [5, 5.41) is 0.632. The molecule has 5 heteroatoms. The van der Waals surface area contributed by atoms with Crippen LogP contribution in [-0.2, 0) is 10.5 Å². The van der Waals surface area contributed by atoms with Gasteiger partial charge in [0, 0.05) is 41.2 Å². The molecule has 2 aromatic carbocycles. The van der Waals surface area contributed by atoms with Gasteiger partial charge in [0.25, 0.3) is 5.91 Å². The molecule has 4 rings (SSSR count). The van der Waals surface area contributed by atoms with E-state index in [4.69, 9.17) is 11.6 Å². The first-order chi connectivity index (χ1) is 12.5. The fraction of sp³-hybridized carbons (Fsp3) is 0.333. The van der Waals surface area contributed by atoms with Gasteiger partial charge in [-0.1, -0.05) is 55.8 Å². The summed E-state index contributed by atoms with van der Waals surface area (Å²) in [6.45, 7) is 5.14. The lowest BCUT2D eigenvalue weighted by molar-refractivity contribution is -0.137. The van der Waals surface area contributed by atoms with Crippen LogP contribution in [0.3, 0.4) is 0 Å². The summed E-state index contributed by atoms with van der Waals surface area (Å²) in [5.41, 5.74) is 1.57. The highest BCUT2D eigenvalue weighted by Gasteiger charge is 2.59. The largest absolute Gasteiger partial charge is 0.310 e. The number of carbonyl (C=O) groups is 2. The van der Waals surface area contributed by atoms with Crippen molar-refractivity contribution in [2.75, 3.05) is 13.1 Å². The van der Waals surface area contributed by atoms with Crippen molar-refractivity contribution in [2.45, 2.75) is 25.9 Å². The molecular weight excluding hydrogens is 348 g/mol. The van der Waals surface area contributed by atoms with Crippen LogP contribution in [-0.4, -0.2) is 34.7 Å². The second-order valence-electron chi connectivity index (χ2n) is 7.32. The zero-order chi connectivity index (χ0) is 18.5. The van der Waals surface area contributed by atoms with Crippen LogP contribution in [0.15, 0.2) is 48.5 Å². The number of halogens is 1. The molecule has 0 bridgehead atoms. The van der Waals surface area contributed by atoms with Crippen LogP contribution in [0, 0.1) is 5.92 Å². The van der Waals surface area contributed by atoms with Gasteiger partial charge >= 0.3 is 0 Å². The molecule has 4 nitrogen and oxygen atoms in total. The van der Waals surface area contributed by atoms with Crippen molar-refractivity contribution >= 4 is 23.4 Å². The minimum absolute atomic E-state index is 0.0182. The molecule has 0 spiro atoms. The number of hydrogen-bond donors (Lipinski definition) is 0. The number of carbonyl (C=O) groups excluding carboxylic acids is 2. The molecule has 2 amide bonds. The first-order valence-corrected chi connectivity index (χ1v) is 9.32. The standard InChI is InChI=1S/C21H21ClN2O2/c1-14(2)13-19(25)23-11-12-24-20(26)17-5-3-4-6-18(17)21(23,24)15-7-9-16(22)10-8-15/h3-10,14H,11-13H2,1-2H3. The van der Waals surface area contributed by atoms with Gasteiger partial charge in [-0.25, -0.2) is 0 Å². The number of benzene rings is 2. The Morgan fingerprint density at radius 1 is 1.12 bits per heavy atom. The third-order valence-electron chi connectivity index (χ3n) is 5.24. The predicted octanol–water partition coefficient (Wildman–Crippen LogP) is 3.89. The van der Waals surface area contributed by atoms with Gasteiger partial charge in [0.2, 0.25) is 5.91 Å². The topological polar surface area (TPSA) is 40.6 Å². The van der Waals surface area contributed by atoms with Crippen LogP contribution in [0.2, 0.25) is 5.02 Å². The molecule has 26 heavy (non-hydrogen) atoms. The van der Waals surface area contributed by atoms with Gasteiger partial charge in [0.05, 0.1) is 0 Å². The van der Waals surface area contributed by atoms with Crippen LogP contribution < -0.4 is 0 Å². The Kier molecular flexibility index (Phi) is 4.03. The molecule has 0 aromatic heterocycles. The van der Waals surface area contributed by atoms with Crippen molar-refractivity contribution in [3.05, 3.63) is 70.2 Å². The van der Waals surface area contributed by atoms with Crippen LogP contribution in [0.5, 0.6) is 0 Å². The minimum Gasteiger partial charge on any atom is -0.310 e. The maximum absolute atomic E-state index is 13.1. The molecule has 0 N–H and O–H groups in total. The Hall–Kier alpha value is -2.33. The fourth-order valence-corrected chi connectivity index (χ4v) is 4.37. The van der Waals surface area contributed by atoms with Gasteiger partial charge in [-0.2, -0.15) is 0 Å². The van der Waals surface area contributed by atoms with Crippen LogP contribution >= 0.6 is 11.6 Å². The smallest absolute Gasteiger partial charge is 0.256 e. The third kappa shape index (κ3) is 2.28. The molecule has 2 heterocycles. The molecule has 0 aliphatic carbocycles. The Bertz CT molecular complexity index is 878. The summed E-state index contributed by atoms with van der Waals surface area (Å²) in [5.74, 6) is 0.309. The number of hydrogen-bond acceptors (Lipinski definition) is 2.